The van der Waals surface area contributed by atoms with Crippen molar-refractivity contribution < 1.29 is 9.69 Å². The zero-order chi connectivity index (χ0) is 10.2. The van der Waals surface area contributed by atoms with Gasteiger partial charge in [0.2, 0.25) is 0 Å². The number of quaternary nitrogens is 1. The summed E-state index contributed by atoms with van der Waals surface area (Å²) in [6.07, 6.45) is 0.762. The third-order valence-corrected chi connectivity index (χ3v) is 3.41. The van der Waals surface area contributed by atoms with E-state index in [1.165, 1.54) is 0 Å². The van der Waals surface area contributed by atoms with E-state index < -0.39 is 0 Å². The Labute approximate surface area is 81.3 Å². The molecule has 2 nitrogen and oxygen atoms in total. The van der Waals surface area contributed by atoms with Crippen LogP contribution in [-0.4, -0.2) is 23.9 Å². The van der Waals surface area contributed by atoms with Crippen LogP contribution in [0.25, 0.3) is 0 Å². The SMILES string of the molecule is C[C@@H]1[C@@H](C)C(=O)CC[NH+]1C(C)(C)C. The maximum absolute atomic E-state index is 11.5. The lowest BCUT2D eigenvalue weighted by Crippen LogP contribution is -3.23. The maximum Gasteiger partial charge on any atom is 0.147 e. The monoisotopic (exact) mass is 184 g/mol. The quantitative estimate of drug-likeness (QED) is 0.587. The molecule has 0 aromatic rings. The maximum atomic E-state index is 11.5. The highest BCUT2D eigenvalue weighted by molar-refractivity contribution is 5.81. The van der Waals surface area contributed by atoms with Gasteiger partial charge >= 0.3 is 0 Å². The number of Topliss-reactive ketones (excluding diaryl/α,β-unsaturated/α-hetero) is 1. The van der Waals surface area contributed by atoms with Crippen LogP contribution in [0, 0.1) is 5.92 Å². The first-order chi connectivity index (χ1) is 5.84. The zero-order valence-corrected chi connectivity index (χ0v) is 9.48. The minimum Gasteiger partial charge on any atom is -0.328 e. The van der Waals surface area contributed by atoms with Gasteiger partial charge in [0, 0.05) is 0 Å². The van der Waals surface area contributed by atoms with Gasteiger partial charge in [-0.2, -0.15) is 0 Å². The normalized spacial score (nSPS) is 36.4. The van der Waals surface area contributed by atoms with Crippen LogP contribution in [0.15, 0.2) is 0 Å². The fourth-order valence-corrected chi connectivity index (χ4v) is 2.35. The number of carbonyl (C=O) groups excluding carboxylic acids is 1. The number of likely N-dealkylation sites (tertiary alicyclic amines) is 1. The molecule has 0 amide bonds. The van der Waals surface area contributed by atoms with Gasteiger partial charge < -0.3 is 4.90 Å². The molecule has 0 spiro atoms. The van der Waals surface area contributed by atoms with E-state index in [4.69, 9.17) is 0 Å². The largest absolute Gasteiger partial charge is 0.328 e. The number of rotatable bonds is 0. The lowest BCUT2D eigenvalue weighted by molar-refractivity contribution is -0.972. The lowest BCUT2D eigenvalue weighted by Gasteiger charge is -2.42. The number of ketones is 1. The smallest absolute Gasteiger partial charge is 0.147 e. The van der Waals surface area contributed by atoms with E-state index in [0.717, 1.165) is 13.0 Å². The molecule has 3 atom stereocenters. The molecule has 0 aliphatic carbocycles. The second-order valence-corrected chi connectivity index (χ2v) is 5.32. The molecule has 0 aromatic carbocycles. The Kier molecular flexibility index (Phi) is 2.81. The number of piperidine rings is 1. The average molecular weight is 184 g/mol. The van der Waals surface area contributed by atoms with E-state index in [1.54, 1.807) is 4.90 Å². The predicted octanol–water partition coefficient (Wildman–Crippen LogP) is 0.667. The molecule has 1 fully saturated rings. The van der Waals surface area contributed by atoms with Crippen molar-refractivity contribution in [3.8, 4) is 0 Å². The summed E-state index contributed by atoms with van der Waals surface area (Å²) in [6, 6.07) is 0.473. The Balaban J connectivity index is 2.75. The topological polar surface area (TPSA) is 21.5 Å². The highest BCUT2D eigenvalue weighted by Gasteiger charge is 2.39. The van der Waals surface area contributed by atoms with Gasteiger partial charge in [-0.3, -0.25) is 4.79 Å². The Morgan fingerprint density at radius 2 is 1.85 bits per heavy atom. The molecular formula is C11H22NO+. The summed E-state index contributed by atoms with van der Waals surface area (Å²) in [4.78, 5) is 13.0. The third-order valence-electron chi connectivity index (χ3n) is 3.41. The molecule has 1 aliphatic heterocycles. The molecule has 1 aliphatic rings. The summed E-state index contributed by atoms with van der Waals surface area (Å²) in [5, 5.41) is 0. The van der Waals surface area contributed by atoms with Gasteiger partial charge in [0.05, 0.1) is 30.5 Å². The first-order valence-corrected chi connectivity index (χ1v) is 5.23. The van der Waals surface area contributed by atoms with Gasteiger partial charge in [-0.25, -0.2) is 0 Å². The van der Waals surface area contributed by atoms with Crippen molar-refractivity contribution in [1.82, 2.24) is 0 Å². The second kappa shape index (κ2) is 3.41. The van der Waals surface area contributed by atoms with Crippen molar-refractivity contribution in [2.24, 2.45) is 5.92 Å². The van der Waals surface area contributed by atoms with Gasteiger partial charge in [0.15, 0.2) is 0 Å². The first kappa shape index (κ1) is 10.7. The van der Waals surface area contributed by atoms with E-state index in [0.29, 0.717) is 11.8 Å². The Bertz CT molecular complexity index is 205. The van der Waals surface area contributed by atoms with E-state index >= 15 is 0 Å². The molecule has 1 unspecified atom stereocenters. The number of carbonyl (C=O) groups is 1. The van der Waals surface area contributed by atoms with Crippen molar-refractivity contribution in [2.45, 2.75) is 52.6 Å². The van der Waals surface area contributed by atoms with E-state index in [-0.39, 0.29) is 11.5 Å². The fraction of sp³-hybridized carbons (Fsp3) is 0.909. The van der Waals surface area contributed by atoms with Crippen LogP contribution < -0.4 is 4.90 Å². The summed E-state index contributed by atoms with van der Waals surface area (Å²) in [7, 11) is 0. The Hall–Kier alpha value is -0.370. The molecule has 1 heterocycles. The number of hydrogen-bond acceptors (Lipinski definition) is 1. The van der Waals surface area contributed by atoms with Crippen LogP contribution in [0.3, 0.4) is 0 Å². The van der Waals surface area contributed by atoms with E-state index in [1.807, 2.05) is 0 Å². The van der Waals surface area contributed by atoms with Gasteiger partial charge in [-0.05, 0) is 34.6 Å². The molecular weight excluding hydrogens is 162 g/mol. The van der Waals surface area contributed by atoms with Crippen LogP contribution in [0.2, 0.25) is 0 Å². The van der Waals surface area contributed by atoms with Crippen LogP contribution >= 0.6 is 0 Å². The predicted molar refractivity (Wildman–Crippen MR) is 53.8 cm³/mol. The highest BCUT2D eigenvalue weighted by Crippen LogP contribution is 2.11. The van der Waals surface area contributed by atoms with Crippen molar-refractivity contribution in [2.75, 3.05) is 6.54 Å². The second-order valence-electron chi connectivity index (χ2n) is 5.32. The van der Waals surface area contributed by atoms with Crippen molar-refractivity contribution in [3.63, 3.8) is 0 Å². The Morgan fingerprint density at radius 3 is 2.31 bits per heavy atom. The van der Waals surface area contributed by atoms with Crippen molar-refractivity contribution in [1.29, 1.82) is 0 Å². The fourth-order valence-electron chi connectivity index (χ4n) is 2.35. The van der Waals surface area contributed by atoms with Crippen LogP contribution in [0.4, 0.5) is 0 Å². The van der Waals surface area contributed by atoms with E-state index in [2.05, 4.69) is 34.6 Å². The third kappa shape index (κ3) is 2.11. The van der Waals surface area contributed by atoms with E-state index in [9.17, 15) is 4.79 Å². The van der Waals surface area contributed by atoms with Crippen molar-refractivity contribution in [3.05, 3.63) is 0 Å². The average Bonchev–Trinajstić information content (AvgIpc) is 1.98. The van der Waals surface area contributed by atoms with Crippen molar-refractivity contribution >= 4 is 5.78 Å². The van der Waals surface area contributed by atoms with Crippen LogP contribution in [0.1, 0.15) is 41.0 Å². The molecule has 0 bridgehead atoms. The highest BCUT2D eigenvalue weighted by atomic mass is 16.1. The van der Waals surface area contributed by atoms with Crippen LogP contribution in [0.5, 0.6) is 0 Å². The molecule has 13 heavy (non-hydrogen) atoms. The summed E-state index contributed by atoms with van der Waals surface area (Å²) in [5.74, 6) is 0.684. The molecule has 76 valence electrons. The summed E-state index contributed by atoms with van der Waals surface area (Å²) < 4.78 is 0. The molecule has 1 rings (SSSR count). The standard InChI is InChI=1S/C11H21NO/c1-8-9(2)12(11(3,4)5)7-6-10(8)13/h8-9H,6-7H2,1-5H3/p+1/t8-,9-/m1/s1. The molecule has 0 saturated carbocycles. The van der Waals surface area contributed by atoms with Gasteiger partial charge in [-0.1, -0.05) is 0 Å². The first-order valence-electron chi connectivity index (χ1n) is 5.23. The lowest BCUT2D eigenvalue weighted by atomic mass is 9.87. The summed E-state index contributed by atoms with van der Waals surface area (Å²) in [6.45, 7) is 12.0. The molecule has 0 radical (unpaired) electrons. The molecule has 0 aromatic heterocycles. The minimum absolute atomic E-state index is 0.239. The summed E-state index contributed by atoms with van der Waals surface area (Å²) >= 11 is 0. The molecule has 1 saturated heterocycles. The van der Waals surface area contributed by atoms with Gasteiger partial charge in [-0.15, -0.1) is 0 Å². The summed E-state index contributed by atoms with van der Waals surface area (Å²) in [5.41, 5.74) is 0.272. The molecule has 2 heteroatoms. The Morgan fingerprint density at radius 1 is 1.31 bits per heavy atom. The minimum atomic E-state index is 0.239. The number of hydrogen-bond donors (Lipinski definition) is 1. The van der Waals surface area contributed by atoms with Gasteiger partial charge in [0.1, 0.15) is 5.78 Å². The number of nitrogens with one attached hydrogen (secondary N) is 1. The van der Waals surface area contributed by atoms with Crippen LogP contribution in [-0.2, 0) is 4.79 Å². The zero-order valence-electron chi connectivity index (χ0n) is 9.48. The van der Waals surface area contributed by atoms with Gasteiger partial charge in [0.25, 0.3) is 0 Å². The molecule has 1 N–H and O–H groups in total.